The van der Waals surface area contributed by atoms with Crippen molar-refractivity contribution >= 4 is 23.5 Å². The van der Waals surface area contributed by atoms with Crippen LogP contribution in [0.15, 0.2) is 65.8 Å². The molecular weight excluding hydrogens is 439 g/mol. The van der Waals surface area contributed by atoms with Gasteiger partial charge < -0.3 is 9.47 Å². The standard InChI is InChI=1S/C21H15FN4O7/c1-32-20-9-13(12-23-24-21(27)14-3-2-4-15(22)10-14)5-7-19(20)33-18-8-6-16(25(28)29)11-17(18)26(30)31/h2-12H,1H3,(H,24,27). The molecule has 0 bridgehead atoms. The summed E-state index contributed by atoms with van der Waals surface area (Å²) in [5.74, 6) is -1.09. The van der Waals surface area contributed by atoms with Crippen LogP contribution in [-0.2, 0) is 0 Å². The van der Waals surface area contributed by atoms with Crippen LogP contribution < -0.4 is 14.9 Å². The molecule has 3 rings (SSSR count). The van der Waals surface area contributed by atoms with E-state index in [0.717, 1.165) is 24.3 Å². The first kappa shape index (κ1) is 22.8. The van der Waals surface area contributed by atoms with E-state index in [1.54, 1.807) is 0 Å². The van der Waals surface area contributed by atoms with Gasteiger partial charge in [0.05, 0.1) is 29.2 Å². The fourth-order valence-electron chi connectivity index (χ4n) is 2.68. The van der Waals surface area contributed by atoms with Crippen LogP contribution in [0.4, 0.5) is 15.8 Å². The Bertz CT molecular complexity index is 1260. The highest BCUT2D eigenvalue weighted by atomic mass is 19.1. The van der Waals surface area contributed by atoms with Crippen LogP contribution in [0.5, 0.6) is 17.2 Å². The summed E-state index contributed by atoms with van der Waals surface area (Å²) < 4.78 is 24.0. The number of nitro groups is 2. The summed E-state index contributed by atoms with van der Waals surface area (Å²) in [6, 6.07) is 12.6. The van der Waals surface area contributed by atoms with Gasteiger partial charge in [0, 0.05) is 11.6 Å². The number of methoxy groups -OCH3 is 1. The molecule has 0 saturated carbocycles. The van der Waals surface area contributed by atoms with E-state index in [1.165, 1.54) is 49.7 Å². The highest BCUT2D eigenvalue weighted by molar-refractivity contribution is 5.94. The van der Waals surface area contributed by atoms with Gasteiger partial charge >= 0.3 is 5.69 Å². The van der Waals surface area contributed by atoms with Crippen molar-refractivity contribution in [3.05, 3.63) is 97.8 Å². The second-order valence-corrected chi connectivity index (χ2v) is 6.39. The van der Waals surface area contributed by atoms with Crippen molar-refractivity contribution in [2.75, 3.05) is 7.11 Å². The number of hydrogen-bond acceptors (Lipinski definition) is 8. The monoisotopic (exact) mass is 454 g/mol. The molecule has 3 aromatic carbocycles. The molecule has 12 heteroatoms. The number of rotatable bonds is 8. The summed E-state index contributed by atoms with van der Waals surface area (Å²) in [4.78, 5) is 32.6. The van der Waals surface area contributed by atoms with Crippen LogP contribution in [0.25, 0.3) is 0 Å². The van der Waals surface area contributed by atoms with E-state index in [-0.39, 0.29) is 22.8 Å². The van der Waals surface area contributed by atoms with Crippen LogP contribution in [0.2, 0.25) is 0 Å². The van der Waals surface area contributed by atoms with Gasteiger partial charge in [-0.15, -0.1) is 0 Å². The number of non-ortho nitro benzene ring substituents is 1. The number of ether oxygens (including phenoxy) is 2. The molecule has 3 aromatic rings. The smallest absolute Gasteiger partial charge is 0.318 e. The van der Waals surface area contributed by atoms with Crippen LogP contribution in [0, 0.1) is 26.0 Å². The van der Waals surface area contributed by atoms with Gasteiger partial charge in [-0.1, -0.05) is 6.07 Å². The molecule has 1 N–H and O–H groups in total. The molecule has 0 aliphatic rings. The molecule has 0 aromatic heterocycles. The number of carbonyl (C=O) groups is 1. The zero-order valence-electron chi connectivity index (χ0n) is 16.9. The van der Waals surface area contributed by atoms with Crippen molar-refractivity contribution in [3.63, 3.8) is 0 Å². The lowest BCUT2D eigenvalue weighted by molar-refractivity contribution is -0.394. The Kier molecular flexibility index (Phi) is 6.88. The average Bonchev–Trinajstić information content (AvgIpc) is 2.79. The predicted octanol–water partition coefficient (Wildman–Crippen LogP) is 4.21. The van der Waals surface area contributed by atoms with Crippen molar-refractivity contribution in [3.8, 4) is 17.2 Å². The highest BCUT2D eigenvalue weighted by Gasteiger charge is 2.22. The molecular formula is C21H15FN4O7. The van der Waals surface area contributed by atoms with Gasteiger partial charge in [-0.05, 0) is 48.0 Å². The predicted molar refractivity (Wildman–Crippen MR) is 114 cm³/mol. The maximum absolute atomic E-state index is 13.2. The van der Waals surface area contributed by atoms with Crippen molar-refractivity contribution in [2.24, 2.45) is 5.10 Å². The molecule has 0 spiro atoms. The lowest BCUT2D eigenvalue weighted by Gasteiger charge is -2.11. The molecule has 0 atom stereocenters. The van der Waals surface area contributed by atoms with Crippen molar-refractivity contribution in [2.45, 2.75) is 0 Å². The Morgan fingerprint density at radius 3 is 2.42 bits per heavy atom. The van der Waals surface area contributed by atoms with E-state index >= 15 is 0 Å². The zero-order chi connectivity index (χ0) is 24.0. The molecule has 33 heavy (non-hydrogen) atoms. The summed E-state index contributed by atoms with van der Waals surface area (Å²) in [6.45, 7) is 0. The first-order valence-corrected chi connectivity index (χ1v) is 9.16. The summed E-state index contributed by atoms with van der Waals surface area (Å²) in [7, 11) is 1.35. The van der Waals surface area contributed by atoms with Crippen LogP contribution in [0.1, 0.15) is 15.9 Å². The van der Waals surface area contributed by atoms with Gasteiger partial charge in [0.25, 0.3) is 11.6 Å². The molecule has 0 aliphatic heterocycles. The summed E-state index contributed by atoms with van der Waals surface area (Å²) in [6.07, 6.45) is 1.30. The second kappa shape index (κ2) is 9.96. The molecule has 0 radical (unpaired) electrons. The van der Waals surface area contributed by atoms with Gasteiger partial charge in [0.2, 0.25) is 5.75 Å². The molecule has 0 heterocycles. The molecule has 0 unspecified atom stereocenters. The van der Waals surface area contributed by atoms with E-state index in [9.17, 15) is 29.4 Å². The quantitative estimate of drug-likeness (QED) is 0.305. The third kappa shape index (κ3) is 5.64. The zero-order valence-corrected chi connectivity index (χ0v) is 16.9. The number of nitrogens with one attached hydrogen (secondary N) is 1. The summed E-state index contributed by atoms with van der Waals surface area (Å²) in [5, 5.41) is 26.0. The molecule has 0 saturated heterocycles. The number of nitrogens with zero attached hydrogens (tertiary/aromatic N) is 3. The minimum absolute atomic E-state index is 0.0955. The number of hydrogen-bond donors (Lipinski definition) is 1. The van der Waals surface area contributed by atoms with Crippen LogP contribution >= 0.6 is 0 Å². The van der Waals surface area contributed by atoms with E-state index in [0.29, 0.717) is 5.56 Å². The first-order valence-electron chi connectivity index (χ1n) is 9.16. The van der Waals surface area contributed by atoms with E-state index in [2.05, 4.69) is 10.5 Å². The molecule has 0 fully saturated rings. The lowest BCUT2D eigenvalue weighted by Crippen LogP contribution is -2.17. The molecule has 168 valence electrons. The highest BCUT2D eigenvalue weighted by Crippen LogP contribution is 2.38. The Balaban J connectivity index is 1.77. The van der Waals surface area contributed by atoms with Gasteiger partial charge in [-0.25, -0.2) is 9.82 Å². The van der Waals surface area contributed by atoms with Gasteiger partial charge in [-0.3, -0.25) is 25.0 Å². The average molecular weight is 454 g/mol. The normalized spacial score (nSPS) is 10.6. The third-order valence-corrected chi connectivity index (χ3v) is 4.22. The number of halogens is 1. The van der Waals surface area contributed by atoms with Crippen LogP contribution in [0.3, 0.4) is 0 Å². The topological polar surface area (TPSA) is 146 Å². The SMILES string of the molecule is COc1cc(C=NNC(=O)c2cccc(F)c2)ccc1Oc1ccc([N+](=O)[O-])cc1[N+](=O)[O-]. The van der Waals surface area contributed by atoms with E-state index < -0.39 is 32.9 Å². The Labute approximate surface area is 185 Å². The largest absolute Gasteiger partial charge is 0.493 e. The van der Waals surface area contributed by atoms with Gasteiger partial charge in [-0.2, -0.15) is 5.10 Å². The Morgan fingerprint density at radius 2 is 1.76 bits per heavy atom. The van der Waals surface area contributed by atoms with Gasteiger partial charge in [0.1, 0.15) is 5.82 Å². The number of benzene rings is 3. The minimum atomic E-state index is -0.795. The minimum Gasteiger partial charge on any atom is -0.493 e. The Hall–Kier alpha value is -4.87. The van der Waals surface area contributed by atoms with Crippen molar-refractivity contribution in [1.82, 2.24) is 5.43 Å². The number of amides is 1. The van der Waals surface area contributed by atoms with E-state index in [1.807, 2.05) is 0 Å². The number of carbonyl (C=O) groups excluding carboxylic acids is 1. The van der Waals surface area contributed by atoms with Crippen LogP contribution in [-0.4, -0.2) is 29.1 Å². The van der Waals surface area contributed by atoms with E-state index in [4.69, 9.17) is 9.47 Å². The fraction of sp³-hybridized carbons (Fsp3) is 0.0476. The van der Waals surface area contributed by atoms with Gasteiger partial charge in [0.15, 0.2) is 11.5 Å². The first-order chi connectivity index (χ1) is 15.8. The molecule has 0 aliphatic carbocycles. The second-order valence-electron chi connectivity index (χ2n) is 6.39. The summed E-state index contributed by atoms with van der Waals surface area (Å²) >= 11 is 0. The number of nitro benzene ring substituents is 2. The van der Waals surface area contributed by atoms with Crippen molar-refractivity contribution in [1.29, 1.82) is 0 Å². The summed E-state index contributed by atoms with van der Waals surface area (Å²) in [5.41, 5.74) is 1.80. The number of hydrazone groups is 1. The molecule has 1 amide bonds. The fourth-order valence-corrected chi connectivity index (χ4v) is 2.68. The maximum Gasteiger partial charge on any atom is 0.318 e. The Morgan fingerprint density at radius 1 is 1.00 bits per heavy atom. The van der Waals surface area contributed by atoms with Crippen molar-refractivity contribution < 1.29 is 28.5 Å². The third-order valence-electron chi connectivity index (χ3n) is 4.22. The maximum atomic E-state index is 13.2. The molecule has 11 nitrogen and oxygen atoms in total. The lowest BCUT2D eigenvalue weighted by atomic mass is 10.2.